The van der Waals surface area contributed by atoms with Gasteiger partial charge in [-0.3, -0.25) is 0 Å². The number of hydrogen-bond donors (Lipinski definition) is 1. The molecule has 0 aromatic heterocycles. The van der Waals surface area contributed by atoms with E-state index in [2.05, 4.69) is 11.8 Å². The molecule has 108 valence electrons. The van der Waals surface area contributed by atoms with Crippen LogP contribution < -0.4 is 4.74 Å². The second-order valence-corrected chi connectivity index (χ2v) is 4.88. The Morgan fingerprint density at radius 1 is 1.45 bits per heavy atom. The molecule has 0 radical (unpaired) electrons. The molecule has 1 heterocycles. The zero-order chi connectivity index (χ0) is 14.4. The summed E-state index contributed by atoms with van der Waals surface area (Å²) in [5.74, 6) is 5.46. The fraction of sp³-hybridized carbons (Fsp3) is 0.500. The highest BCUT2D eigenvalue weighted by atomic mass is 19.1. The zero-order valence-electron chi connectivity index (χ0n) is 11.6. The molecule has 0 saturated carbocycles. The maximum absolute atomic E-state index is 13.7. The third-order valence-electron chi connectivity index (χ3n) is 3.15. The first kappa shape index (κ1) is 14.8. The summed E-state index contributed by atoms with van der Waals surface area (Å²) in [5, 5.41) is 8.67. The highest BCUT2D eigenvalue weighted by Gasteiger charge is 2.22. The van der Waals surface area contributed by atoms with Crippen molar-refractivity contribution in [2.24, 2.45) is 0 Å². The molecule has 20 heavy (non-hydrogen) atoms. The molecule has 0 bridgehead atoms. The summed E-state index contributed by atoms with van der Waals surface area (Å²) in [6.45, 7) is 2.40. The number of hydrogen-bond acceptors (Lipinski definition) is 3. The van der Waals surface area contributed by atoms with Gasteiger partial charge >= 0.3 is 0 Å². The smallest absolute Gasteiger partial charge is 0.165 e. The van der Waals surface area contributed by atoms with Crippen molar-refractivity contribution in [1.82, 2.24) is 0 Å². The molecule has 1 fully saturated rings. The van der Waals surface area contributed by atoms with Gasteiger partial charge in [0.05, 0.1) is 18.8 Å². The SMILES string of the molecule is CC1CCC(COc2cc(C#CCCO)ccc2F)O1. The summed E-state index contributed by atoms with van der Waals surface area (Å²) in [5.41, 5.74) is 0.676. The van der Waals surface area contributed by atoms with Gasteiger partial charge < -0.3 is 14.6 Å². The minimum Gasteiger partial charge on any atom is -0.488 e. The minimum absolute atomic E-state index is 0.0226. The highest BCUT2D eigenvalue weighted by molar-refractivity contribution is 5.40. The van der Waals surface area contributed by atoms with Crippen LogP contribution in [-0.4, -0.2) is 30.5 Å². The van der Waals surface area contributed by atoms with E-state index in [9.17, 15) is 4.39 Å². The van der Waals surface area contributed by atoms with Crippen LogP contribution in [0.2, 0.25) is 0 Å². The minimum atomic E-state index is -0.399. The average Bonchev–Trinajstić information content (AvgIpc) is 2.85. The summed E-state index contributed by atoms with van der Waals surface area (Å²) in [6.07, 6.45) is 2.65. The van der Waals surface area contributed by atoms with Gasteiger partial charge in [-0.15, -0.1) is 0 Å². The van der Waals surface area contributed by atoms with Gasteiger partial charge in [0.1, 0.15) is 6.61 Å². The van der Waals surface area contributed by atoms with E-state index in [1.807, 2.05) is 6.92 Å². The van der Waals surface area contributed by atoms with Crippen LogP contribution in [0.25, 0.3) is 0 Å². The second-order valence-electron chi connectivity index (χ2n) is 4.88. The van der Waals surface area contributed by atoms with Crippen molar-refractivity contribution in [3.63, 3.8) is 0 Å². The molecule has 2 atom stereocenters. The van der Waals surface area contributed by atoms with Crippen LogP contribution in [0, 0.1) is 17.7 Å². The molecule has 1 saturated heterocycles. The van der Waals surface area contributed by atoms with E-state index in [0.29, 0.717) is 18.6 Å². The number of halogens is 1. The van der Waals surface area contributed by atoms with Crippen LogP contribution in [-0.2, 0) is 4.74 Å². The summed E-state index contributed by atoms with van der Waals surface area (Å²) >= 11 is 0. The Morgan fingerprint density at radius 3 is 3.00 bits per heavy atom. The van der Waals surface area contributed by atoms with Gasteiger partial charge in [-0.25, -0.2) is 4.39 Å². The average molecular weight is 278 g/mol. The van der Waals surface area contributed by atoms with Crippen LogP contribution in [0.5, 0.6) is 5.75 Å². The van der Waals surface area contributed by atoms with E-state index in [1.54, 1.807) is 12.1 Å². The third-order valence-corrected chi connectivity index (χ3v) is 3.15. The molecular weight excluding hydrogens is 259 g/mol. The van der Waals surface area contributed by atoms with Gasteiger partial charge in [0, 0.05) is 12.0 Å². The monoisotopic (exact) mass is 278 g/mol. The predicted molar refractivity (Wildman–Crippen MR) is 74.0 cm³/mol. The molecule has 3 nitrogen and oxygen atoms in total. The van der Waals surface area contributed by atoms with Gasteiger partial charge in [-0.1, -0.05) is 11.8 Å². The van der Waals surface area contributed by atoms with Gasteiger partial charge in [-0.05, 0) is 38.0 Å². The molecule has 0 amide bonds. The number of ether oxygens (including phenoxy) is 2. The molecule has 1 N–H and O–H groups in total. The van der Waals surface area contributed by atoms with Crippen molar-refractivity contribution in [3.05, 3.63) is 29.6 Å². The van der Waals surface area contributed by atoms with Gasteiger partial charge in [0.15, 0.2) is 11.6 Å². The Bertz CT molecular complexity index is 504. The van der Waals surface area contributed by atoms with E-state index in [0.717, 1.165) is 12.8 Å². The zero-order valence-corrected chi connectivity index (χ0v) is 11.6. The largest absolute Gasteiger partial charge is 0.488 e. The molecule has 1 aliphatic heterocycles. The standard InChI is InChI=1S/C16H19FO3/c1-12-5-7-14(20-12)11-19-16-10-13(4-2-3-9-18)6-8-15(16)17/h6,8,10,12,14,18H,3,5,7,9,11H2,1H3. The number of benzene rings is 1. The lowest BCUT2D eigenvalue weighted by atomic mass is 10.2. The molecule has 2 unspecified atom stereocenters. The van der Waals surface area contributed by atoms with Crippen LogP contribution in [0.1, 0.15) is 31.7 Å². The molecule has 1 aliphatic rings. The van der Waals surface area contributed by atoms with Crippen LogP contribution in [0.15, 0.2) is 18.2 Å². The summed E-state index contributed by atoms with van der Waals surface area (Å²) in [7, 11) is 0. The Kier molecular flexibility index (Phi) is 5.40. The Balaban J connectivity index is 1.96. The molecule has 2 rings (SSSR count). The van der Waals surface area contributed by atoms with E-state index >= 15 is 0 Å². The Labute approximate surface area is 118 Å². The molecule has 1 aromatic rings. The lowest BCUT2D eigenvalue weighted by molar-refractivity contribution is 0.0256. The van der Waals surface area contributed by atoms with E-state index in [4.69, 9.17) is 14.6 Å². The lowest BCUT2D eigenvalue weighted by Crippen LogP contribution is -2.18. The molecule has 1 aromatic carbocycles. The normalized spacial score (nSPS) is 21.4. The second kappa shape index (κ2) is 7.28. The number of aliphatic hydroxyl groups is 1. The quantitative estimate of drug-likeness (QED) is 0.860. The summed E-state index contributed by atoms with van der Waals surface area (Å²) in [4.78, 5) is 0. The maximum Gasteiger partial charge on any atom is 0.165 e. The van der Waals surface area contributed by atoms with Gasteiger partial charge in [0.25, 0.3) is 0 Å². The highest BCUT2D eigenvalue weighted by Crippen LogP contribution is 2.22. The fourth-order valence-electron chi connectivity index (χ4n) is 2.10. The number of aliphatic hydroxyl groups excluding tert-OH is 1. The Morgan fingerprint density at radius 2 is 2.30 bits per heavy atom. The van der Waals surface area contributed by atoms with Crippen molar-refractivity contribution in [1.29, 1.82) is 0 Å². The van der Waals surface area contributed by atoms with Crippen LogP contribution in [0.3, 0.4) is 0 Å². The fourth-order valence-corrected chi connectivity index (χ4v) is 2.10. The third kappa shape index (κ3) is 4.22. The van der Waals surface area contributed by atoms with E-state index in [-0.39, 0.29) is 24.6 Å². The first-order valence-corrected chi connectivity index (χ1v) is 6.86. The van der Waals surface area contributed by atoms with Crippen LogP contribution in [0.4, 0.5) is 4.39 Å². The maximum atomic E-state index is 13.7. The molecule has 0 aliphatic carbocycles. The first-order valence-electron chi connectivity index (χ1n) is 6.86. The van der Waals surface area contributed by atoms with Crippen molar-refractivity contribution < 1.29 is 19.0 Å². The molecule has 4 heteroatoms. The molecular formula is C16H19FO3. The summed E-state index contributed by atoms with van der Waals surface area (Å²) in [6, 6.07) is 4.52. The number of rotatable bonds is 4. The topological polar surface area (TPSA) is 38.7 Å². The first-order chi connectivity index (χ1) is 9.69. The van der Waals surface area contributed by atoms with E-state index in [1.165, 1.54) is 6.07 Å². The van der Waals surface area contributed by atoms with Gasteiger partial charge in [0.2, 0.25) is 0 Å². The van der Waals surface area contributed by atoms with Crippen molar-refractivity contribution >= 4 is 0 Å². The van der Waals surface area contributed by atoms with E-state index < -0.39 is 5.82 Å². The molecule has 0 spiro atoms. The predicted octanol–water partition coefficient (Wildman–Crippen LogP) is 2.51. The lowest BCUT2D eigenvalue weighted by Gasteiger charge is -2.13. The van der Waals surface area contributed by atoms with Gasteiger partial charge in [-0.2, -0.15) is 0 Å². The van der Waals surface area contributed by atoms with Crippen molar-refractivity contribution in [2.45, 2.75) is 38.4 Å². The van der Waals surface area contributed by atoms with Crippen molar-refractivity contribution in [3.8, 4) is 17.6 Å². The Hall–Kier alpha value is -1.57. The summed E-state index contributed by atoms with van der Waals surface area (Å²) < 4.78 is 24.8. The van der Waals surface area contributed by atoms with Crippen LogP contribution >= 0.6 is 0 Å². The van der Waals surface area contributed by atoms with Crippen molar-refractivity contribution in [2.75, 3.05) is 13.2 Å².